The molecule has 152 valence electrons. The minimum atomic E-state index is -4.38. The highest BCUT2D eigenvalue weighted by atomic mass is 19.4. The van der Waals surface area contributed by atoms with Crippen LogP contribution in [0, 0.1) is 0 Å². The lowest BCUT2D eigenvalue weighted by Crippen LogP contribution is -2.23. The third kappa shape index (κ3) is 5.71. The van der Waals surface area contributed by atoms with Crippen molar-refractivity contribution in [1.29, 1.82) is 0 Å². The average molecular weight is 402 g/mol. The summed E-state index contributed by atoms with van der Waals surface area (Å²) in [7, 11) is 1.57. The number of halogens is 3. The van der Waals surface area contributed by atoms with E-state index in [9.17, 15) is 18.0 Å². The van der Waals surface area contributed by atoms with Gasteiger partial charge >= 0.3 is 6.18 Å². The van der Waals surface area contributed by atoms with Crippen LogP contribution < -0.4 is 5.32 Å². The zero-order valence-corrected chi connectivity index (χ0v) is 15.9. The van der Waals surface area contributed by atoms with Crippen LogP contribution in [0.1, 0.15) is 32.8 Å². The van der Waals surface area contributed by atoms with Crippen LogP contribution in [0.2, 0.25) is 0 Å². The average Bonchev–Trinajstić information content (AvgIpc) is 3.20. The van der Waals surface area contributed by atoms with Gasteiger partial charge in [-0.25, -0.2) is 0 Å². The van der Waals surface area contributed by atoms with E-state index in [1.807, 2.05) is 23.1 Å². The van der Waals surface area contributed by atoms with Crippen LogP contribution in [0.25, 0.3) is 0 Å². The Hall–Kier alpha value is -3.06. The Morgan fingerprint density at radius 2 is 1.69 bits per heavy atom. The van der Waals surface area contributed by atoms with Gasteiger partial charge in [-0.3, -0.25) is 9.69 Å². The van der Waals surface area contributed by atoms with E-state index in [0.717, 1.165) is 17.4 Å². The van der Waals surface area contributed by atoms with E-state index in [-0.39, 0.29) is 5.91 Å². The lowest BCUT2D eigenvalue weighted by molar-refractivity contribution is -0.137. The highest BCUT2D eigenvalue weighted by Crippen LogP contribution is 2.30. The van der Waals surface area contributed by atoms with Gasteiger partial charge in [0.2, 0.25) is 0 Å². The summed E-state index contributed by atoms with van der Waals surface area (Å²) in [5.74, 6) is 0.548. The van der Waals surface area contributed by atoms with E-state index in [1.165, 1.54) is 12.1 Å². The molecule has 0 atom stereocenters. The minimum absolute atomic E-state index is 0.173. The molecule has 1 heterocycles. The van der Waals surface area contributed by atoms with E-state index in [1.54, 1.807) is 37.6 Å². The molecule has 7 heteroatoms. The van der Waals surface area contributed by atoms with Crippen molar-refractivity contribution >= 4 is 5.91 Å². The van der Waals surface area contributed by atoms with Crippen LogP contribution >= 0.6 is 0 Å². The fourth-order valence-electron chi connectivity index (χ4n) is 3.06. The molecule has 1 aromatic heterocycles. The number of carbonyl (C=O) groups excluding carboxylic acids is 1. The summed E-state index contributed by atoms with van der Waals surface area (Å²) in [6.07, 6.45) is -2.81. The molecule has 0 unspecified atom stereocenters. The second-order valence-corrected chi connectivity index (χ2v) is 6.70. The Morgan fingerprint density at radius 3 is 2.31 bits per heavy atom. The first-order valence-corrected chi connectivity index (χ1v) is 9.07. The maximum absolute atomic E-state index is 13.0. The molecule has 1 amide bonds. The zero-order chi connectivity index (χ0) is 20.9. The van der Waals surface area contributed by atoms with Gasteiger partial charge in [-0.15, -0.1) is 0 Å². The smallest absolute Gasteiger partial charge is 0.416 e. The molecule has 29 heavy (non-hydrogen) atoms. The topological polar surface area (TPSA) is 45.5 Å². The summed E-state index contributed by atoms with van der Waals surface area (Å²) >= 11 is 0. The third-order valence-electron chi connectivity index (χ3n) is 4.47. The van der Waals surface area contributed by atoms with Crippen molar-refractivity contribution < 1.29 is 22.4 Å². The van der Waals surface area contributed by atoms with Crippen molar-refractivity contribution in [3.05, 3.63) is 94.9 Å². The summed E-state index contributed by atoms with van der Waals surface area (Å²) in [4.78, 5) is 13.7. The molecule has 0 bridgehead atoms. The van der Waals surface area contributed by atoms with Crippen LogP contribution in [0.15, 0.2) is 71.3 Å². The number of hydrogen-bond acceptors (Lipinski definition) is 3. The molecule has 3 aromatic rings. The molecule has 0 aliphatic heterocycles. The predicted molar refractivity (Wildman–Crippen MR) is 103 cm³/mol. The van der Waals surface area contributed by atoms with Gasteiger partial charge in [0.1, 0.15) is 5.76 Å². The number of furan rings is 1. The third-order valence-corrected chi connectivity index (χ3v) is 4.47. The zero-order valence-electron chi connectivity index (χ0n) is 15.9. The molecule has 1 N–H and O–H groups in total. The van der Waals surface area contributed by atoms with Crippen LogP contribution in [0.5, 0.6) is 0 Å². The summed E-state index contributed by atoms with van der Waals surface area (Å²) in [6.45, 7) is 1.26. The van der Waals surface area contributed by atoms with Gasteiger partial charge in [-0.1, -0.05) is 30.3 Å². The predicted octanol–water partition coefficient (Wildman–Crippen LogP) is 4.86. The van der Waals surface area contributed by atoms with Crippen molar-refractivity contribution in [3.63, 3.8) is 0 Å². The molecule has 4 nitrogen and oxygen atoms in total. The first-order valence-electron chi connectivity index (χ1n) is 9.07. The quantitative estimate of drug-likeness (QED) is 0.614. The maximum Gasteiger partial charge on any atom is 0.416 e. The Bertz CT molecular complexity index is 935. The SMILES string of the molecule is CNC(=O)c1ccc(CN(Cc2cccc(C(F)(F)F)c2)Cc2ccco2)cc1. The van der Waals surface area contributed by atoms with E-state index in [0.29, 0.717) is 30.8 Å². The molecule has 0 fully saturated rings. The highest BCUT2D eigenvalue weighted by molar-refractivity contribution is 5.93. The fourth-order valence-corrected chi connectivity index (χ4v) is 3.06. The van der Waals surface area contributed by atoms with Crippen LogP contribution in [0.3, 0.4) is 0 Å². The van der Waals surface area contributed by atoms with Crippen LogP contribution in [-0.4, -0.2) is 17.9 Å². The van der Waals surface area contributed by atoms with E-state index in [4.69, 9.17) is 4.42 Å². The lowest BCUT2D eigenvalue weighted by Gasteiger charge is -2.22. The Kier molecular flexibility index (Phi) is 6.39. The molecule has 2 aromatic carbocycles. The van der Waals surface area contributed by atoms with Gasteiger partial charge in [0.15, 0.2) is 0 Å². The summed E-state index contributed by atoms with van der Waals surface area (Å²) < 4.78 is 44.5. The summed E-state index contributed by atoms with van der Waals surface area (Å²) in [5.41, 5.74) is 1.39. The van der Waals surface area contributed by atoms with Gasteiger partial charge in [-0.2, -0.15) is 13.2 Å². The molecule has 3 rings (SSSR count). The van der Waals surface area contributed by atoms with Crippen molar-refractivity contribution in [2.75, 3.05) is 7.05 Å². The molecule has 0 saturated carbocycles. The van der Waals surface area contributed by atoms with Gasteiger partial charge in [0, 0.05) is 25.7 Å². The molecule has 0 aliphatic rings. The van der Waals surface area contributed by atoms with Gasteiger partial charge in [0.05, 0.1) is 18.4 Å². The second-order valence-electron chi connectivity index (χ2n) is 6.70. The van der Waals surface area contributed by atoms with Crippen molar-refractivity contribution in [2.24, 2.45) is 0 Å². The molecule has 0 aliphatic carbocycles. The van der Waals surface area contributed by atoms with E-state index in [2.05, 4.69) is 5.32 Å². The number of carbonyl (C=O) groups is 1. The summed E-state index contributed by atoms with van der Waals surface area (Å²) in [6, 6.07) is 16.1. The van der Waals surface area contributed by atoms with Gasteiger partial charge in [0.25, 0.3) is 5.91 Å². The highest BCUT2D eigenvalue weighted by Gasteiger charge is 2.30. The normalized spacial score (nSPS) is 11.6. The minimum Gasteiger partial charge on any atom is -0.468 e. The molecular formula is C22H21F3N2O2. The molecular weight excluding hydrogens is 381 g/mol. The number of benzene rings is 2. The summed E-state index contributed by atoms with van der Waals surface area (Å²) in [5, 5.41) is 2.57. The van der Waals surface area contributed by atoms with Gasteiger partial charge < -0.3 is 9.73 Å². The second kappa shape index (κ2) is 8.96. The Labute approximate surface area is 166 Å². The number of rotatable bonds is 7. The lowest BCUT2D eigenvalue weighted by atomic mass is 10.1. The largest absolute Gasteiger partial charge is 0.468 e. The number of amides is 1. The van der Waals surface area contributed by atoms with Crippen molar-refractivity contribution in [3.8, 4) is 0 Å². The van der Waals surface area contributed by atoms with Gasteiger partial charge in [-0.05, 0) is 41.5 Å². The standard InChI is InChI=1S/C22H21F3N2O2/c1-26-21(28)18-9-7-16(8-10-18)13-27(15-20-6-3-11-29-20)14-17-4-2-5-19(12-17)22(23,24)25/h2-12H,13-15H2,1H3,(H,26,28). The molecule has 0 saturated heterocycles. The Morgan fingerprint density at radius 1 is 0.966 bits per heavy atom. The number of alkyl halides is 3. The van der Waals surface area contributed by atoms with E-state index >= 15 is 0 Å². The molecule has 0 spiro atoms. The number of hydrogen-bond donors (Lipinski definition) is 1. The first kappa shape index (κ1) is 20.7. The first-order chi connectivity index (χ1) is 13.8. The fraction of sp³-hybridized carbons (Fsp3) is 0.227. The Balaban J connectivity index is 1.79. The number of nitrogens with zero attached hydrogens (tertiary/aromatic N) is 1. The molecule has 0 radical (unpaired) electrons. The van der Waals surface area contributed by atoms with Crippen LogP contribution in [-0.2, 0) is 25.8 Å². The van der Waals surface area contributed by atoms with Crippen molar-refractivity contribution in [1.82, 2.24) is 10.2 Å². The number of nitrogens with one attached hydrogen (secondary N) is 1. The monoisotopic (exact) mass is 402 g/mol. The maximum atomic E-state index is 13.0. The van der Waals surface area contributed by atoms with Crippen molar-refractivity contribution in [2.45, 2.75) is 25.8 Å². The van der Waals surface area contributed by atoms with Crippen LogP contribution in [0.4, 0.5) is 13.2 Å². The van der Waals surface area contributed by atoms with E-state index < -0.39 is 11.7 Å².